The summed E-state index contributed by atoms with van der Waals surface area (Å²) in [4.78, 5) is 9.66. The molecule has 0 bridgehead atoms. The third-order valence-corrected chi connectivity index (χ3v) is 7.61. The van der Waals surface area contributed by atoms with Crippen molar-refractivity contribution >= 4 is 41.7 Å². The number of morpholine rings is 1. The van der Waals surface area contributed by atoms with Crippen molar-refractivity contribution < 1.29 is 4.74 Å². The van der Waals surface area contributed by atoms with Gasteiger partial charge in [-0.2, -0.15) is 11.8 Å². The van der Waals surface area contributed by atoms with E-state index in [0.717, 1.165) is 51.9 Å². The molecule has 1 N–H and O–H groups in total. The van der Waals surface area contributed by atoms with Gasteiger partial charge in [-0.15, -0.1) is 24.0 Å². The molecule has 3 rings (SSSR count). The lowest BCUT2D eigenvalue weighted by atomic mass is 9.87. The number of guanidine groups is 1. The van der Waals surface area contributed by atoms with Crippen LogP contribution in [0.15, 0.2) is 4.99 Å². The van der Waals surface area contributed by atoms with Crippen LogP contribution >= 0.6 is 35.7 Å². The molecule has 0 aromatic carbocycles. The second kappa shape index (κ2) is 10.2. The number of nitrogens with zero attached hydrogens (tertiary/aromatic N) is 3. The van der Waals surface area contributed by atoms with Crippen LogP contribution in [0.4, 0.5) is 0 Å². The van der Waals surface area contributed by atoms with Gasteiger partial charge in [0.1, 0.15) is 0 Å². The Labute approximate surface area is 181 Å². The molecule has 2 aliphatic heterocycles. The second-order valence-corrected chi connectivity index (χ2v) is 9.89. The van der Waals surface area contributed by atoms with E-state index in [4.69, 9.17) is 4.74 Å². The Morgan fingerprint density at radius 1 is 1.15 bits per heavy atom. The van der Waals surface area contributed by atoms with Crippen molar-refractivity contribution in [3.63, 3.8) is 0 Å². The van der Waals surface area contributed by atoms with Crippen LogP contribution in [-0.4, -0.2) is 84.8 Å². The van der Waals surface area contributed by atoms with Crippen LogP contribution in [0.3, 0.4) is 0 Å². The number of thioether (sulfide) groups is 1. The second-order valence-electron chi connectivity index (χ2n) is 8.33. The number of halogens is 1. The molecule has 0 aromatic rings. The molecule has 1 aliphatic carbocycles. The molecule has 3 aliphatic rings. The van der Waals surface area contributed by atoms with E-state index in [-0.39, 0.29) is 29.5 Å². The molecule has 2 saturated heterocycles. The summed E-state index contributed by atoms with van der Waals surface area (Å²) in [5.41, 5.74) is 0.118. The van der Waals surface area contributed by atoms with Gasteiger partial charge in [-0.3, -0.25) is 9.89 Å². The normalized spacial score (nSPS) is 25.0. The zero-order valence-corrected chi connectivity index (χ0v) is 19.9. The highest BCUT2D eigenvalue weighted by molar-refractivity contribution is 14.0. The Hall–Kier alpha value is 0.270. The first-order valence-corrected chi connectivity index (χ1v) is 11.0. The predicted octanol–water partition coefficient (Wildman–Crippen LogP) is 3.04. The summed E-state index contributed by atoms with van der Waals surface area (Å²) in [7, 11) is 1.93. The van der Waals surface area contributed by atoms with Crippen LogP contribution < -0.4 is 5.32 Å². The number of aliphatic imine (C=N–C) groups is 1. The highest BCUT2D eigenvalue weighted by atomic mass is 127. The van der Waals surface area contributed by atoms with Crippen LogP contribution in [0.25, 0.3) is 0 Å². The lowest BCUT2D eigenvalue weighted by Crippen LogP contribution is -2.59. The fourth-order valence-corrected chi connectivity index (χ4v) is 6.00. The molecule has 1 saturated carbocycles. The van der Waals surface area contributed by atoms with E-state index in [9.17, 15) is 0 Å². The number of hydrogen-bond acceptors (Lipinski definition) is 4. The van der Waals surface area contributed by atoms with Crippen molar-refractivity contribution in [1.82, 2.24) is 15.1 Å². The summed E-state index contributed by atoms with van der Waals surface area (Å²) in [6, 6.07) is 0. The van der Waals surface area contributed by atoms with Gasteiger partial charge in [-0.05, 0) is 26.7 Å². The Balaban J connectivity index is 0.00000243. The van der Waals surface area contributed by atoms with E-state index in [1.807, 2.05) is 7.05 Å². The van der Waals surface area contributed by atoms with Gasteiger partial charge in [-0.1, -0.05) is 19.3 Å². The van der Waals surface area contributed by atoms with Crippen molar-refractivity contribution in [2.24, 2.45) is 4.99 Å². The highest BCUT2D eigenvalue weighted by Gasteiger charge is 2.38. The molecule has 1 spiro atoms. The van der Waals surface area contributed by atoms with E-state index >= 15 is 0 Å². The summed E-state index contributed by atoms with van der Waals surface area (Å²) < 4.78 is 5.98. The van der Waals surface area contributed by atoms with E-state index in [2.05, 4.69) is 45.7 Å². The first kappa shape index (κ1) is 22.6. The Bertz CT molecular complexity index is 457. The minimum atomic E-state index is 0. The largest absolute Gasteiger partial charge is 0.379 e. The third kappa shape index (κ3) is 5.64. The lowest BCUT2D eigenvalue weighted by molar-refractivity contribution is -0.00850. The zero-order valence-electron chi connectivity index (χ0n) is 16.8. The van der Waals surface area contributed by atoms with E-state index in [0.29, 0.717) is 4.75 Å². The zero-order chi connectivity index (χ0) is 17.8. The Morgan fingerprint density at radius 3 is 2.50 bits per heavy atom. The standard InChI is InChI=1S/C19H36N4OS.HI/c1-18(2,23-9-12-24-13-10-23)15-21-17(20-3)22-11-14-25-19(16-22)7-5-4-6-8-19;/h4-16H2,1-3H3,(H,20,21);1H. The minimum Gasteiger partial charge on any atom is -0.379 e. The maximum absolute atomic E-state index is 5.50. The van der Waals surface area contributed by atoms with Crippen molar-refractivity contribution in [3.8, 4) is 0 Å². The van der Waals surface area contributed by atoms with Crippen LogP contribution in [0.5, 0.6) is 0 Å². The summed E-state index contributed by atoms with van der Waals surface area (Å²) in [6.45, 7) is 11.6. The van der Waals surface area contributed by atoms with Gasteiger partial charge >= 0.3 is 0 Å². The topological polar surface area (TPSA) is 40.1 Å². The van der Waals surface area contributed by atoms with Gasteiger partial charge in [0.2, 0.25) is 0 Å². The average molecular weight is 497 g/mol. The Kier molecular flexibility index (Phi) is 8.82. The highest BCUT2D eigenvalue weighted by Crippen LogP contribution is 2.42. The van der Waals surface area contributed by atoms with Crippen LogP contribution in [-0.2, 0) is 4.74 Å². The smallest absolute Gasteiger partial charge is 0.193 e. The molecule has 0 atom stereocenters. The number of ether oxygens (including phenoxy) is 1. The molecule has 152 valence electrons. The summed E-state index contributed by atoms with van der Waals surface area (Å²) in [6.07, 6.45) is 6.98. The lowest BCUT2D eigenvalue weighted by Gasteiger charge is -2.46. The van der Waals surface area contributed by atoms with Crippen molar-refractivity contribution in [2.45, 2.75) is 56.2 Å². The number of rotatable bonds is 3. The first-order valence-electron chi connectivity index (χ1n) is 9.97. The third-order valence-electron chi connectivity index (χ3n) is 6.07. The van der Waals surface area contributed by atoms with Gasteiger partial charge < -0.3 is 15.0 Å². The fraction of sp³-hybridized carbons (Fsp3) is 0.947. The average Bonchev–Trinajstić information content (AvgIpc) is 2.64. The number of nitrogens with one attached hydrogen (secondary N) is 1. The summed E-state index contributed by atoms with van der Waals surface area (Å²) in [5.74, 6) is 2.32. The fourth-order valence-electron chi connectivity index (χ4n) is 4.43. The minimum absolute atomic E-state index is 0. The Morgan fingerprint density at radius 2 is 1.85 bits per heavy atom. The number of hydrogen-bond donors (Lipinski definition) is 1. The van der Waals surface area contributed by atoms with Gasteiger partial charge in [0.05, 0.1) is 13.2 Å². The maximum Gasteiger partial charge on any atom is 0.193 e. The quantitative estimate of drug-likeness (QED) is 0.370. The molecule has 3 fully saturated rings. The molecule has 5 nitrogen and oxygen atoms in total. The van der Waals surface area contributed by atoms with E-state index in [1.165, 1.54) is 37.9 Å². The van der Waals surface area contributed by atoms with Gasteiger partial charge in [0.15, 0.2) is 5.96 Å². The SMILES string of the molecule is CN=C(NCC(C)(C)N1CCOCC1)N1CCSC2(CCCCC2)C1.I. The molecule has 0 amide bonds. The van der Waals surface area contributed by atoms with E-state index < -0.39 is 0 Å². The molecular formula is C19H37IN4OS. The maximum atomic E-state index is 5.50. The van der Waals surface area contributed by atoms with Crippen LogP contribution in [0.2, 0.25) is 0 Å². The molecule has 0 unspecified atom stereocenters. The van der Waals surface area contributed by atoms with E-state index in [1.54, 1.807) is 0 Å². The summed E-state index contributed by atoms with van der Waals surface area (Å²) in [5, 5.41) is 3.68. The molecular weight excluding hydrogens is 459 g/mol. The predicted molar refractivity (Wildman–Crippen MR) is 123 cm³/mol. The molecule has 0 aromatic heterocycles. The monoisotopic (exact) mass is 496 g/mol. The summed E-state index contributed by atoms with van der Waals surface area (Å²) >= 11 is 2.22. The van der Waals surface area contributed by atoms with Crippen LogP contribution in [0, 0.1) is 0 Å². The van der Waals surface area contributed by atoms with Gasteiger partial charge in [0, 0.05) is 55.8 Å². The van der Waals surface area contributed by atoms with Gasteiger partial charge in [-0.25, -0.2) is 0 Å². The molecule has 2 heterocycles. The van der Waals surface area contributed by atoms with Crippen molar-refractivity contribution in [1.29, 1.82) is 0 Å². The molecule has 0 radical (unpaired) electrons. The van der Waals surface area contributed by atoms with Crippen LogP contribution in [0.1, 0.15) is 46.0 Å². The molecule has 26 heavy (non-hydrogen) atoms. The van der Waals surface area contributed by atoms with Crippen molar-refractivity contribution in [2.75, 3.05) is 58.7 Å². The molecule has 7 heteroatoms. The van der Waals surface area contributed by atoms with Gasteiger partial charge in [0.25, 0.3) is 0 Å². The first-order chi connectivity index (χ1) is 12.0. The van der Waals surface area contributed by atoms with Crippen molar-refractivity contribution in [3.05, 3.63) is 0 Å².